The Morgan fingerprint density at radius 3 is 2.34 bits per heavy atom. The fraction of sp³-hybridized carbons (Fsp3) is 0.261. The fourth-order valence-electron chi connectivity index (χ4n) is 4.07. The van der Waals surface area contributed by atoms with E-state index in [-0.39, 0.29) is 53.6 Å². The molecule has 1 N–H and O–H groups in total. The molecule has 180 valence electrons. The number of aromatic nitrogens is 2. The van der Waals surface area contributed by atoms with Crippen LogP contribution in [0, 0.1) is 0 Å². The molecule has 3 heterocycles. The van der Waals surface area contributed by atoms with E-state index in [4.69, 9.17) is 4.42 Å². The molecule has 35 heavy (non-hydrogen) atoms. The maximum absolute atomic E-state index is 13.1. The van der Waals surface area contributed by atoms with Crippen LogP contribution >= 0.6 is 0 Å². The van der Waals surface area contributed by atoms with Crippen molar-refractivity contribution >= 4 is 33.8 Å². The quantitative estimate of drug-likeness (QED) is 0.509. The van der Waals surface area contributed by atoms with Gasteiger partial charge in [-0.15, -0.1) is 5.10 Å². The van der Waals surface area contributed by atoms with Crippen LogP contribution in [0.4, 0.5) is 6.01 Å². The number of carbonyl (C=O) groups excluding carboxylic acids is 3. The van der Waals surface area contributed by atoms with Gasteiger partial charge in [0.25, 0.3) is 5.91 Å². The molecule has 0 bridgehead atoms. The van der Waals surface area contributed by atoms with E-state index in [1.54, 1.807) is 0 Å². The summed E-state index contributed by atoms with van der Waals surface area (Å²) in [4.78, 5) is 37.1. The molecule has 0 unspecified atom stereocenters. The monoisotopic (exact) mass is 495 g/mol. The zero-order valence-corrected chi connectivity index (χ0v) is 19.3. The summed E-state index contributed by atoms with van der Waals surface area (Å²) < 4.78 is 32.9. The zero-order valence-electron chi connectivity index (χ0n) is 18.5. The third-order valence-electron chi connectivity index (χ3n) is 5.99. The normalized spacial score (nSPS) is 16.4. The molecule has 12 heteroatoms. The third-order valence-corrected chi connectivity index (χ3v) is 7.84. The molecule has 2 aromatic carbocycles. The number of anilines is 1. The van der Waals surface area contributed by atoms with Crippen molar-refractivity contribution < 1.29 is 27.2 Å². The van der Waals surface area contributed by atoms with Gasteiger partial charge in [-0.1, -0.05) is 29.4 Å². The first-order chi connectivity index (χ1) is 16.8. The molecule has 1 saturated heterocycles. The van der Waals surface area contributed by atoms with Gasteiger partial charge in [-0.25, -0.2) is 8.42 Å². The van der Waals surface area contributed by atoms with Crippen molar-refractivity contribution in [3.8, 4) is 0 Å². The maximum atomic E-state index is 13.1. The van der Waals surface area contributed by atoms with Crippen LogP contribution in [-0.2, 0) is 39.1 Å². The zero-order chi connectivity index (χ0) is 24.6. The second-order valence-electron chi connectivity index (χ2n) is 8.21. The first-order valence-electron chi connectivity index (χ1n) is 11.0. The van der Waals surface area contributed by atoms with E-state index < -0.39 is 15.9 Å². The standard InChI is InChI=1S/C23H21N5O6S/c29-20-9-10-21(30)28(20)14-19-25-26-23(34-19)24-22(31)16-5-7-18(8-6-16)35(32,33)27-12-11-15-3-1-2-4-17(15)13-27/h1-8H,9-14H2,(H,24,26,31). The van der Waals surface area contributed by atoms with E-state index in [0.717, 1.165) is 16.0 Å². The highest BCUT2D eigenvalue weighted by molar-refractivity contribution is 7.89. The van der Waals surface area contributed by atoms with Crippen LogP contribution in [0.15, 0.2) is 57.8 Å². The van der Waals surface area contributed by atoms with Crippen LogP contribution in [0.3, 0.4) is 0 Å². The van der Waals surface area contributed by atoms with Crippen molar-refractivity contribution in [1.82, 2.24) is 19.4 Å². The lowest BCUT2D eigenvalue weighted by Gasteiger charge is -2.28. The molecule has 0 saturated carbocycles. The topological polar surface area (TPSA) is 143 Å². The van der Waals surface area contributed by atoms with E-state index in [9.17, 15) is 22.8 Å². The van der Waals surface area contributed by atoms with Crippen molar-refractivity contribution in [2.24, 2.45) is 0 Å². The van der Waals surface area contributed by atoms with Crippen LogP contribution in [0.2, 0.25) is 0 Å². The molecule has 3 amide bonds. The Morgan fingerprint density at radius 1 is 0.943 bits per heavy atom. The number of hydrogen-bond acceptors (Lipinski definition) is 8. The molecule has 2 aliphatic heterocycles. The molecule has 0 atom stereocenters. The largest absolute Gasteiger partial charge is 0.406 e. The van der Waals surface area contributed by atoms with Gasteiger partial charge >= 0.3 is 6.01 Å². The van der Waals surface area contributed by atoms with E-state index in [1.165, 1.54) is 28.6 Å². The summed E-state index contributed by atoms with van der Waals surface area (Å²) in [7, 11) is -3.72. The second-order valence-corrected chi connectivity index (χ2v) is 10.1. The lowest BCUT2D eigenvalue weighted by atomic mass is 10.0. The number of likely N-dealkylation sites (tertiary alicyclic amines) is 1. The molecule has 1 aromatic heterocycles. The van der Waals surface area contributed by atoms with E-state index >= 15 is 0 Å². The van der Waals surface area contributed by atoms with Gasteiger partial charge in [0.15, 0.2) is 0 Å². The number of nitrogens with one attached hydrogen (secondary N) is 1. The van der Waals surface area contributed by atoms with Gasteiger partial charge in [-0.05, 0) is 41.8 Å². The predicted octanol–water partition coefficient (Wildman–Crippen LogP) is 1.72. The average Bonchev–Trinajstić information content (AvgIpc) is 3.45. The van der Waals surface area contributed by atoms with Gasteiger partial charge in [0, 0.05) is 31.5 Å². The fourth-order valence-corrected chi connectivity index (χ4v) is 5.49. The Bertz CT molecular complexity index is 1400. The first-order valence-corrected chi connectivity index (χ1v) is 12.4. The Kier molecular flexibility index (Phi) is 5.91. The summed E-state index contributed by atoms with van der Waals surface area (Å²) in [5.74, 6) is -1.21. The van der Waals surface area contributed by atoms with Crippen LogP contribution in [0.25, 0.3) is 0 Å². The molecule has 2 aliphatic rings. The Morgan fingerprint density at radius 2 is 1.63 bits per heavy atom. The molecule has 5 rings (SSSR count). The minimum Gasteiger partial charge on any atom is -0.406 e. The highest BCUT2D eigenvalue weighted by Gasteiger charge is 2.31. The van der Waals surface area contributed by atoms with Gasteiger partial charge in [-0.2, -0.15) is 4.31 Å². The van der Waals surface area contributed by atoms with Crippen molar-refractivity contribution in [3.63, 3.8) is 0 Å². The highest BCUT2D eigenvalue weighted by Crippen LogP contribution is 2.25. The summed E-state index contributed by atoms with van der Waals surface area (Å²) in [6.45, 7) is 0.526. The van der Waals surface area contributed by atoms with Crippen LogP contribution in [-0.4, -0.2) is 52.1 Å². The Labute approximate surface area is 200 Å². The van der Waals surface area contributed by atoms with Gasteiger partial charge in [0.05, 0.1) is 4.90 Å². The summed E-state index contributed by atoms with van der Waals surface area (Å²) in [6, 6.07) is 13.1. The number of imide groups is 1. The smallest absolute Gasteiger partial charge is 0.322 e. The number of benzene rings is 2. The minimum atomic E-state index is -3.72. The van der Waals surface area contributed by atoms with Crippen LogP contribution in [0.1, 0.15) is 40.2 Å². The SMILES string of the molecule is O=C(Nc1nnc(CN2C(=O)CCC2=O)o1)c1ccc(S(=O)(=O)N2CCc3ccccc3C2)cc1. The lowest BCUT2D eigenvalue weighted by Crippen LogP contribution is -2.35. The number of rotatable bonds is 6. The Hall–Kier alpha value is -3.90. The van der Waals surface area contributed by atoms with Gasteiger partial charge in [0.2, 0.25) is 27.7 Å². The number of amides is 3. The highest BCUT2D eigenvalue weighted by atomic mass is 32.2. The van der Waals surface area contributed by atoms with Crippen molar-refractivity contribution in [2.45, 2.75) is 37.2 Å². The predicted molar refractivity (Wildman–Crippen MR) is 121 cm³/mol. The molecular formula is C23H21N5O6S. The molecule has 0 spiro atoms. The van der Waals surface area contributed by atoms with Gasteiger partial charge < -0.3 is 4.42 Å². The third kappa shape index (κ3) is 4.57. The van der Waals surface area contributed by atoms with Crippen molar-refractivity contribution in [3.05, 3.63) is 71.1 Å². The molecule has 1 fully saturated rings. The van der Waals surface area contributed by atoms with Gasteiger partial charge in [0.1, 0.15) is 6.54 Å². The molecule has 0 radical (unpaired) electrons. The van der Waals surface area contributed by atoms with E-state index in [0.29, 0.717) is 19.5 Å². The number of fused-ring (bicyclic) bond motifs is 1. The number of nitrogens with zero attached hydrogens (tertiary/aromatic N) is 4. The van der Waals surface area contributed by atoms with E-state index in [1.807, 2.05) is 24.3 Å². The lowest BCUT2D eigenvalue weighted by molar-refractivity contribution is -0.139. The molecular weight excluding hydrogens is 474 g/mol. The minimum absolute atomic E-state index is 0.00782. The van der Waals surface area contributed by atoms with Crippen molar-refractivity contribution in [1.29, 1.82) is 0 Å². The van der Waals surface area contributed by atoms with E-state index in [2.05, 4.69) is 15.5 Å². The summed E-state index contributed by atoms with van der Waals surface area (Å²) in [5, 5.41) is 9.89. The summed E-state index contributed by atoms with van der Waals surface area (Å²) in [5.41, 5.74) is 2.32. The van der Waals surface area contributed by atoms with Gasteiger partial charge in [-0.3, -0.25) is 24.6 Å². The molecule has 3 aromatic rings. The number of carbonyl (C=O) groups is 3. The van der Waals surface area contributed by atoms with Crippen LogP contribution < -0.4 is 5.32 Å². The molecule has 0 aliphatic carbocycles. The van der Waals surface area contributed by atoms with Crippen molar-refractivity contribution in [2.75, 3.05) is 11.9 Å². The average molecular weight is 496 g/mol. The summed E-state index contributed by atoms with van der Waals surface area (Å²) >= 11 is 0. The summed E-state index contributed by atoms with van der Waals surface area (Å²) in [6.07, 6.45) is 0.933. The molecule has 11 nitrogen and oxygen atoms in total. The Balaban J connectivity index is 1.24. The number of hydrogen-bond donors (Lipinski definition) is 1. The number of sulfonamides is 1. The maximum Gasteiger partial charge on any atom is 0.322 e. The van der Waals surface area contributed by atoms with Crippen LogP contribution in [0.5, 0.6) is 0 Å². The second kappa shape index (κ2) is 9.04. The first kappa shape index (κ1) is 22.9.